The number of rotatable bonds is 5. The Balaban J connectivity index is 1.48. The van der Waals surface area contributed by atoms with Crippen LogP contribution in [0.2, 0.25) is 15.1 Å². The largest absolute Gasteiger partial charge is 0.508 e. The van der Waals surface area contributed by atoms with Gasteiger partial charge in [0.25, 0.3) is 11.8 Å². The number of phenolic OH excluding ortho intramolecular Hbond substituents is 1. The molecular weight excluding hydrogens is 641 g/mol. The van der Waals surface area contributed by atoms with E-state index >= 15 is 4.79 Å². The van der Waals surface area contributed by atoms with Crippen LogP contribution >= 0.6 is 34.8 Å². The van der Waals surface area contributed by atoms with Gasteiger partial charge in [-0.3, -0.25) is 29.9 Å². The topological polar surface area (TPSA) is 125 Å². The summed E-state index contributed by atoms with van der Waals surface area (Å²) in [7, 11) is 1.53. The van der Waals surface area contributed by atoms with Crippen molar-refractivity contribution < 1.29 is 29.0 Å². The van der Waals surface area contributed by atoms with Crippen LogP contribution in [0.25, 0.3) is 0 Å². The third-order valence-corrected chi connectivity index (χ3v) is 10.6. The lowest BCUT2D eigenvalue weighted by molar-refractivity contribution is -0.138. The van der Waals surface area contributed by atoms with Crippen molar-refractivity contribution in [1.29, 1.82) is 0 Å². The van der Waals surface area contributed by atoms with Crippen molar-refractivity contribution in [3.8, 4) is 11.5 Å². The van der Waals surface area contributed by atoms with Crippen LogP contribution in [0.15, 0.2) is 72.3 Å². The molecule has 45 heavy (non-hydrogen) atoms. The molecular formula is C33H26Cl3N3O6. The number of hydrogen-bond acceptors (Lipinski definition) is 7. The van der Waals surface area contributed by atoms with Crippen LogP contribution in [0.3, 0.4) is 0 Å². The van der Waals surface area contributed by atoms with Gasteiger partial charge >= 0.3 is 0 Å². The number of phenols is 1. The second-order valence-electron chi connectivity index (χ2n) is 11.8. The van der Waals surface area contributed by atoms with E-state index in [1.54, 1.807) is 42.5 Å². The van der Waals surface area contributed by atoms with Crippen molar-refractivity contribution in [2.24, 2.45) is 23.7 Å². The molecule has 230 valence electrons. The molecule has 3 N–H and O–H groups in total. The molecule has 0 radical (unpaired) electrons. The number of ether oxygens (including phenoxy) is 1. The molecule has 4 amide bonds. The van der Waals surface area contributed by atoms with Crippen LogP contribution in [0.1, 0.15) is 29.9 Å². The molecule has 2 saturated heterocycles. The molecule has 1 saturated carbocycles. The number of carbonyl (C=O) groups is 4. The van der Waals surface area contributed by atoms with Gasteiger partial charge in [0, 0.05) is 16.0 Å². The quantitative estimate of drug-likeness (QED) is 0.238. The Hall–Kier alpha value is -4.05. The Morgan fingerprint density at radius 2 is 1.69 bits per heavy atom. The van der Waals surface area contributed by atoms with Gasteiger partial charge in [0.05, 0.1) is 41.0 Å². The van der Waals surface area contributed by atoms with E-state index in [1.165, 1.54) is 25.3 Å². The number of carbonyl (C=O) groups excluding carboxylic acids is 4. The van der Waals surface area contributed by atoms with Crippen LogP contribution in [0.5, 0.6) is 11.5 Å². The first kappa shape index (κ1) is 29.6. The Labute approximate surface area is 273 Å². The molecule has 3 aromatic rings. The lowest BCUT2D eigenvalue weighted by atomic mass is 9.49. The maximum Gasteiger partial charge on any atom is 0.260 e. The van der Waals surface area contributed by atoms with Gasteiger partial charge in [-0.1, -0.05) is 64.7 Å². The molecule has 3 aromatic carbocycles. The summed E-state index contributed by atoms with van der Waals surface area (Å²) < 4.78 is 5.40. The predicted octanol–water partition coefficient (Wildman–Crippen LogP) is 5.63. The second-order valence-corrected chi connectivity index (χ2v) is 13.0. The normalized spacial score (nSPS) is 28.7. The fourth-order valence-corrected chi connectivity index (χ4v) is 8.58. The van der Waals surface area contributed by atoms with E-state index in [0.29, 0.717) is 27.6 Å². The van der Waals surface area contributed by atoms with E-state index in [-0.39, 0.29) is 34.5 Å². The number of allylic oxidation sites excluding steroid dienone is 2. The lowest BCUT2D eigenvalue weighted by Crippen LogP contribution is -2.53. The molecule has 6 atom stereocenters. The molecule has 3 fully saturated rings. The van der Waals surface area contributed by atoms with Gasteiger partial charge in [0.1, 0.15) is 11.5 Å². The van der Waals surface area contributed by atoms with Gasteiger partial charge in [-0.25, -0.2) is 0 Å². The summed E-state index contributed by atoms with van der Waals surface area (Å²) in [5, 5.41) is 14.5. The van der Waals surface area contributed by atoms with Gasteiger partial charge in [-0.2, -0.15) is 5.01 Å². The highest BCUT2D eigenvalue weighted by molar-refractivity contribution is 6.36. The number of fused-ring (bicyclic) bond motifs is 4. The Kier molecular flexibility index (Phi) is 7.11. The minimum atomic E-state index is -1.54. The summed E-state index contributed by atoms with van der Waals surface area (Å²) in [5.74, 6) is -4.95. The smallest absolute Gasteiger partial charge is 0.260 e. The van der Waals surface area contributed by atoms with Crippen LogP contribution in [-0.2, 0) is 24.6 Å². The lowest BCUT2D eigenvalue weighted by Gasteiger charge is -2.50. The predicted molar refractivity (Wildman–Crippen MR) is 167 cm³/mol. The van der Waals surface area contributed by atoms with Gasteiger partial charge < -0.3 is 9.84 Å². The molecule has 7 rings (SSSR count). The van der Waals surface area contributed by atoms with E-state index in [1.807, 2.05) is 6.08 Å². The third kappa shape index (κ3) is 4.35. The maximum atomic E-state index is 15.1. The van der Waals surface area contributed by atoms with Crippen LogP contribution in [0.4, 0.5) is 5.69 Å². The van der Waals surface area contributed by atoms with Crippen LogP contribution in [0, 0.1) is 23.7 Å². The standard InChI is InChI=1S/C33H26Cl3N3O6/c1-45-18-6-2-15(3-7-18)33-23(31(43)39(32(33)44)38-26-11-4-16(34)12-25(26)36)14-22-19(9-10-21-27(22)30(42)37-29(21)41)28(33)20-8-5-17(40)13-24(20)35/h2-9,11-13,21-23,27-28,38,40H,10,14H2,1H3,(H,37,41,42)/t21-,22+,23-,27-,28+,33+/m0/s1. The first-order valence-corrected chi connectivity index (χ1v) is 15.5. The van der Waals surface area contributed by atoms with Gasteiger partial charge in [0.15, 0.2) is 0 Å². The van der Waals surface area contributed by atoms with Crippen molar-refractivity contribution in [3.63, 3.8) is 0 Å². The Morgan fingerprint density at radius 1 is 0.933 bits per heavy atom. The molecule has 0 unspecified atom stereocenters. The molecule has 12 heteroatoms. The number of halogens is 3. The molecule has 9 nitrogen and oxygen atoms in total. The average Bonchev–Trinajstić information content (AvgIpc) is 3.42. The highest BCUT2D eigenvalue weighted by atomic mass is 35.5. The zero-order chi connectivity index (χ0) is 31.8. The number of imide groups is 2. The highest BCUT2D eigenvalue weighted by Gasteiger charge is 2.70. The zero-order valence-electron chi connectivity index (χ0n) is 23.7. The average molecular weight is 667 g/mol. The molecule has 0 spiro atoms. The molecule has 2 aliphatic heterocycles. The van der Waals surface area contributed by atoms with Gasteiger partial charge in [0.2, 0.25) is 11.8 Å². The van der Waals surface area contributed by atoms with E-state index in [0.717, 1.165) is 10.6 Å². The molecule has 4 aliphatic rings. The number of hydrogen-bond donors (Lipinski definition) is 3. The zero-order valence-corrected chi connectivity index (χ0v) is 26.0. The van der Waals surface area contributed by atoms with Gasteiger partial charge in [-0.15, -0.1) is 0 Å². The number of methoxy groups -OCH3 is 1. The number of hydrazine groups is 1. The summed E-state index contributed by atoms with van der Waals surface area (Å²) in [4.78, 5) is 55.6. The van der Waals surface area contributed by atoms with Gasteiger partial charge in [-0.05, 0) is 72.4 Å². The fourth-order valence-electron chi connectivity index (χ4n) is 7.85. The Bertz CT molecular complexity index is 1830. The first-order chi connectivity index (χ1) is 21.6. The van der Waals surface area contributed by atoms with E-state index in [2.05, 4.69) is 10.7 Å². The summed E-state index contributed by atoms with van der Waals surface area (Å²) in [5.41, 5.74) is 3.49. The minimum Gasteiger partial charge on any atom is -0.508 e. The Morgan fingerprint density at radius 3 is 2.38 bits per heavy atom. The van der Waals surface area contributed by atoms with E-state index in [9.17, 15) is 19.5 Å². The SMILES string of the molecule is COc1ccc([C@@]23C(=O)N(Nc4ccc(Cl)cc4Cl)C(=O)[C@@H]2C[C@@H]2C(=CC[C@@H]4C(=O)NC(=O)[C@@H]42)[C@@H]3c2ccc(O)cc2Cl)cc1. The summed E-state index contributed by atoms with van der Waals surface area (Å²) in [6.07, 6.45) is 2.33. The first-order valence-electron chi connectivity index (χ1n) is 14.3. The number of nitrogens with zero attached hydrogens (tertiary/aromatic N) is 1. The van der Waals surface area contributed by atoms with Crippen molar-refractivity contribution in [2.45, 2.75) is 24.2 Å². The molecule has 0 bridgehead atoms. The van der Waals surface area contributed by atoms with Crippen molar-refractivity contribution in [3.05, 3.63) is 98.5 Å². The second kappa shape index (κ2) is 10.8. The summed E-state index contributed by atoms with van der Waals surface area (Å²) >= 11 is 19.4. The van der Waals surface area contributed by atoms with E-state index in [4.69, 9.17) is 39.5 Å². The minimum absolute atomic E-state index is 0.0703. The van der Waals surface area contributed by atoms with Crippen LogP contribution in [-0.4, -0.2) is 40.9 Å². The number of amides is 4. The molecule has 2 heterocycles. The third-order valence-electron chi connectivity index (χ3n) is 9.72. The van der Waals surface area contributed by atoms with Crippen LogP contribution < -0.4 is 15.5 Å². The molecule has 2 aliphatic carbocycles. The van der Waals surface area contributed by atoms with E-state index < -0.39 is 52.7 Å². The van der Waals surface area contributed by atoms with Crippen molar-refractivity contribution >= 4 is 64.1 Å². The maximum absolute atomic E-state index is 15.1. The number of anilines is 1. The number of aromatic hydroxyl groups is 1. The summed E-state index contributed by atoms with van der Waals surface area (Å²) in [6.45, 7) is 0. The van der Waals surface area contributed by atoms with Crippen molar-refractivity contribution in [1.82, 2.24) is 10.3 Å². The van der Waals surface area contributed by atoms with Crippen molar-refractivity contribution in [2.75, 3.05) is 12.5 Å². The summed E-state index contributed by atoms with van der Waals surface area (Å²) in [6, 6.07) is 16.1. The monoisotopic (exact) mass is 665 g/mol. The molecule has 0 aromatic heterocycles. The number of benzene rings is 3. The number of nitrogens with one attached hydrogen (secondary N) is 2. The highest BCUT2D eigenvalue weighted by Crippen LogP contribution is 2.64. The fraction of sp³-hybridized carbons (Fsp3) is 0.273.